The van der Waals surface area contributed by atoms with E-state index in [0.717, 1.165) is 6.07 Å². The lowest BCUT2D eigenvalue weighted by Gasteiger charge is -2.33. The quantitative estimate of drug-likeness (QED) is 0.646. The molecule has 186 valence electrons. The number of rotatable bonds is 7. The van der Waals surface area contributed by atoms with Crippen molar-refractivity contribution in [2.45, 2.75) is 52.4 Å². The minimum Gasteiger partial charge on any atom is -0.344 e. The van der Waals surface area contributed by atoms with Crippen LogP contribution >= 0.6 is 0 Å². The molecule has 0 aromatic heterocycles. The number of likely N-dealkylation sites (N-methyl/N-ethyl adjacent to an activating group) is 2. The van der Waals surface area contributed by atoms with Crippen LogP contribution in [0.4, 0.5) is 18.0 Å². The van der Waals surface area contributed by atoms with Crippen molar-refractivity contribution in [2.24, 2.45) is 5.92 Å². The van der Waals surface area contributed by atoms with Gasteiger partial charge in [0.05, 0.1) is 29.4 Å². The molecule has 7 nitrogen and oxygen atoms in total. The van der Waals surface area contributed by atoms with Gasteiger partial charge in [0.2, 0.25) is 5.91 Å². The number of hydrogen-bond acceptors (Lipinski definition) is 3. The van der Waals surface area contributed by atoms with Gasteiger partial charge in [-0.2, -0.15) is 13.2 Å². The third-order valence-corrected chi connectivity index (χ3v) is 6.35. The summed E-state index contributed by atoms with van der Waals surface area (Å²) in [4.78, 5) is 44.0. The predicted molar refractivity (Wildman–Crippen MR) is 120 cm³/mol. The van der Waals surface area contributed by atoms with Gasteiger partial charge in [-0.05, 0) is 37.8 Å². The lowest BCUT2D eigenvalue weighted by Crippen LogP contribution is -2.49. The van der Waals surface area contributed by atoms with Gasteiger partial charge in [-0.3, -0.25) is 14.5 Å². The Balaban J connectivity index is 2.11. The summed E-state index contributed by atoms with van der Waals surface area (Å²) < 4.78 is 41.3. The molecule has 0 aliphatic carbocycles. The van der Waals surface area contributed by atoms with Crippen molar-refractivity contribution in [3.8, 4) is 0 Å². The Morgan fingerprint density at radius 2 is 1.85 bits per heavy atom. The molecule has 10 heteroatoms. The van der Waals surface area contributed by atoms with Crippen LogP contribution in [0.2, 0.25) is 0 Å². The number of nitrogens with zero attached hydrogens (tertiary/aromatic N) is 3. The number of carbonyl (C=O) groups excluding carboxylic acids is 3. The van der Waals surface area contributed by atoms with E-state index in [2.05, 4.69) is 5.32 Å². The summed E-state index contributed by atoms with van der Waals surface area (Å²) in [5, 5.41) is 2.60. The van der Waals surface area contributed by atoms with Crippen molar-refractivity contribution in [2.75, 3.05) is 26.7 Å². The average Bonchev–Trinajstić information content (AvgIpc) is 3.12. The molecular formula is C24H31F3N4O3. The first-order chi connectivity index (χ1) is 15.9. The van der Waals surface area contributed by atoms with Crippen LogP contribution in [0.15, 0.2) is 35.5 Å². The Morgan fingerprint density at radius 1 is 1.21 bits per heavy atom. The highest BCUT2D eigenvalue weighted by Gasteiger charge is 2.48. The summed E-state index contributed by atoms with van der Waals surface area (Å²) in [5.74, 6) is -0.675. The Kier molecular flexibility index (Phi) is 7.28. The largest absolute Gasteiger partial charge is 0.416 e. The molecule has 0 bridgehead atoms. The van der Waals surface area contributed by atoms with E-state index in [1.165, 1.54) is 32.9 Å². The van der Waals surface area contributed by atoms with Crippen LogP contribution in [0.5, 0.6) is 0 Å². The molecule has 4 amide bonds. The van der Waals surface area contributed by atoms with E-state index in [4.69, 9.17) is 0 Å². The fraction of sp³-hybridized carbons (Fsp3) is 0.542. The zero-order valence-corrected chi connectivity index (χ0v) is 20.1. The Hall–Kier alpha value is -3.04. The van der Waals surface area contributed by atoms with E-state index in [-0.39, 0.29) is 36.1 Å². The molecule has 2 aliphatic heterocycles. The fourth-order valence-corrected chi connectivity index (χ4v) is 4.56. The van der Waals surface area contributed by atoms with E-state index < -0.39 is 35.8 Å². The van der Waals surface area contributed by atoms with E-state index in [9.17, 15) is 27.6 Å². The molecule has 0 spiro atoms. The van der Waals surface area contributed by atoms with E-state index >= 15 is 0 Å². The number of amides is 4. The van der Waals surface area contributed by atoms with Crippen LogP contribution < -0.4 is 5.32 Å². The number of alkyl halides is 3. The SMILES string of the molecule is CCN(C)C(=O)[C@H](CC(C)C)N1CC2=C(C1=O)[C@H](c1ccccc1C(F)(F)F)NC(=O)N2CC. The molecule has 2 heterocycles. The van der Waals surface area contributed by atoms with Gasteiger partial charge in [0.15, 0.2) is 0 Å². The molecule has 1 aromatic carbocycles. The highest BCUT2D eigenvalue weighted by molar-refractivity contribution is 6.03. The second-order valence-corrected chi connectivity index (χ2v) is 9.00. The minimum atomic E-state index is -4.66. The fourth-order valence-electron chi connectivity index (χ4n) is 4.56. The third-order valence-electron chi connectivity index (χ3n) is 6.35. The van der Waals surface area contributed by atoms with Gasteiger partial charge in [-0.25, -0.2) is 4.79 Å². The molecular weight excluding hydrogens is 449 g/mol. The van der Waals surface area contributed by atoms with Gasteiger partial charge in [0.1, 0.15) is 6.04 Å². The lowest BCUT2D eigenvalue weighted by atomic mass is 9.91. The zero-order valence-electron chi connectivity index (χ0n) is 20.1. The number of nitrogens with one attached hydrogen (secondary N) is 1. The Labute approximate surface area is 197 Å². The first kappa shape index (κ1) is 25.6. The highest BCUT2D eigenvalue weighted by atomic mass is 19.4. The molecule has 3 rings (SSSR count). The monoisotopic (exact) mass is 480 g/mol. The molecule has 1 aromatic rings. The second-order valence-electron chi connectivity index (χ2n) is 9.00. The lowest BCUT2D eigenvalue weighted by molar-refractivity contribution is -0.142. The molecule has 1 N–H and O–H groups in total. The number of hydrogen-bond donors (Lipinski definition) is 1. The summed E-state index contributed by atoms with van der Waals surface area (Å²) in [7, 11) is 1.65. The first-order valence-electron chi connectivity index (χ1n) is 11.4. The van der Waals surface area contributed by atoms with Crippen molar-refractivity contribution in [3.63, 3.8) is 0 Å². The van der Waals surface area contributed by atoms with Crippen LogP contribution in [-0.2, 0) is 15.8 Å². The molecule has 34 heavy (non-hydrogen) atoms. The van der Waals surface area contributed by atoms with Crippen LogP contribution in [0.3, 0.4) is 0 Å². The third kappa shape index (κ3) is 4.63. The molecule has 0 unspecified atom stereocenters. The van der Waals surface area contributed by atoms with E-state index in [1.54, 1.807) is 14.0 Å². The van der Waals surface area contributed by atoms with Crippen LogP contribution in [0.25, 0.3) is 0 Å². The van der Waals surface area contributed by atoms with Crippen molar-refractivity contribution in [1.29, 1.82) is 0 Å². The average molecular weight is 481 g/mol. The van der Waals surface area contributed by atoms with Crippen molar-refractivity contribution in [3.05, 3.63) is 46.7 Å². The van der Waals surface area contributed by atoms with Gasteiger partial charge < -0.3 is 15.1 Å². The number of urea groups is 1. The first-order valence-corrected chi connectivity index (χ1v) is 11.4. The number of benzene rings is 1. The van der Waals surface area contributed by atoms with Crippen LogP contribution in [0, 0.1) is 5.92 Å². The molecule has 2 aliphatic rings. The molecule has 0 fully saturated rings. The normalized spacial score (nSPS) is 19.5. The Morgan fingerprint density at radius 3 is 2.41 bits per heavy atom. The second kappa shape index (κ2) is 9.68. The molecule has 0 saturated carbocycles. The molecule has 0 radical (unpaired) electrons. The van der Waals surface area contributed by atoms with Gasteiger partial charge in [0.25, 0.3) is 5.91 Å². The summed E-state index contributed by atoms with van der Waals surface area (Å²) in [6, 6.07) is 2.31. The van der Waals surface area contributed by atoms with Crippen molar-refractivity contribution < 1.29 is 27.6 Å². The van der Waals surface area contributed by atoms with Gasteiger partial charge >= 0.3 is 12.2 Å². The zero-order chi connectivity index (χ0) is 25.4. The highest BCUT2D eigenvalue weighted by Crippen LogP contribution is 2.42. The van der Waals surface area contributed by atoms with Gasteiger partial charge in [0, 0.05) is 20.1 Å². The topological polar surface area (TPSA) is 73.0 Å². The van der Waals surface area contributed by atoms with Gasteiger partial charge in [-0.1, -0.05) is 32.0 Å². The summed E-state index contributed by atoms with van der Waals surface area (Å²) in [5.41, 5.74) is -0.680. The Bertz CT molecular complexity index is 1010. The van der Waals surface area contributed by atoms with Crippen molar-refractivity contribution >= 4 is 17.8 Å². The molecule has 0 saturated heterocycles. The summed E-state index contributed by atoms with van der Waals surface area (Å²) >= 11 is 0. The standard InChI is InChI=1S/C24H31F3N4O3/c1-6-29(5)21(32)17(12-14(3)4)31-13-18-19(22(31)33)20(28-23(34)30(18)7-2)15-10-8-9-11-16(15)24(25,26)27/h8-11,14,17,20H,6-7,12-13H2,1-5H3,(H,28,34)/t17-,20-/m0/s1. The number of halogens is 3. The minimum absolute atomic E-state index is 0.0131. The maximum atomic E-state index is 13.8. The number of carbonyl (C=O) groups is 3. The summed E-state index contributed by atoms with van der Waals surface area (Å²) in [6.07, 6.45) is -4.27. The summed E-state index contributed by atoms with van der Waals surface area (Å²) in [6.45, 7) is 8.09. The van der Waals surface area contributed by atoms with E-state index in [0.29, 0.717) is 18.7 Å². The van der Waals surface area contributed by atoms with Crippen LogP contribution in [-0.4, -0.2) is 65.3 Å². The predicted octanol–water partition coefficient (Wildman–Crippen LogP) is 3.78. The van der Waals surface area contributed by atoms with E-state index in [1.807, 2.05) is 20.8 Å². The van der Waals surface area contributed by atoms with Crippen LogP contribution in [0.1, 0.15) is 51.3 Å². The van der Waals surface area contributed by atoms with Gasteiger partial charge in [-0.15, -0.1) is 0 Å². The molecule has 2 atom stereocenters. The maximum absolute atomic E-state index is 13.8. The smallest absolute Gasteiger partial charge is 0.344 e. The van der Waals surface area contributed by atoms with Crippen molar-refractivity contribution in [1.82, 2.24) is 20.0 Å². The maximum Gasteiger partial charge on any atom is 0.416 e.